The molecule has 0 radical (unpaired) electrons. The highest BCUT2D eigenvalue weighted by molar-refractivity contribution is 7.86. The van der Waals surface area contributed by atoms with Gasteiger partial charge in [0.15, 0.2) is 0 Å². The van der Waals surface area contributed by atoms with Crippen LogP contribution in [0.4, 0.5) is 0 Å². The van der Waals surface area contributed by atoms with E-state index in [2.05, 4.69) is 12.2 Å². The molecule has 0 aliphatic heterocycles. The van der Waals surface area contributed by atoms with Crippen LogP contribution in [0.2, 0.25) is 0 Å². The average Bonchev–Trinajstić information content (AvgIpc) is 2.32. The second-order valence-corrected chi connectivity index (χ2v) is 7.32. The van der Waals surface area contributed by atoms with Crippen molar-refractivity contribution in [3.8, 4) is 0 Å². The van der Waals surface area contributed by atoms with E-state index in [-0.39, 0.29) is 0 Å². The Bertz CT molecular complexity index is 342. The van der Waals surface area contributed by atoms with Crippen molar-refractivity contribution in [2.75, 3.05) is 39.8 Å². The van der Waals surface area contributed by atoms with Gasteiger partial charge in [0.25, 0.3) is 10.2 Å². The maximum Gasteiger partial charge on any atom is 0.281 e. The molecule has 0 heterocycles. The lowest BCUT2D eigenvalue weighted by Crippen LogP contribution is -2.45. The van der Waals surface area contributed by atoms with E-state index in [0.717, 1.165) is 19.5 Å². The molecule has 0 amide bonds. The quantitative estimate of drug-likeness (QED) is 0.617. The van der Waals surface area contributed by atoms with Crippen molar-refractivity contribution < 1.29 is 8.42 Å². The third kappa shape index (κ3) is 5.02. The highest BCUT2D eigenvalue weighted by Gasteiger charge is 2.29. The predicted octanol–water partition coefficient (Wildman–Crippen LogP) is 1.28. The van der Waals surface area contributed by atoms with E-state index in [1.807, 2.05) is 6.92 Å². The molecule has 0 aromatic carbocycles. The molecule has 0 aromatic heterocycles. The zero-order valence-corrected chi connectivity index (χ0v) is 13.4. The van der Waals surface area contributed by atoms with Gasteiger partial charge in [-0.1, -0.05) is 20.3 Å². The summed E-state index contributed by atoms with van der Waals surface area (Å²) in [6, 6.07) is 0. The van der Waals surface area contributed by atoms with E-state index in [4.69, 9.17) is 0 Å². The Morgan fingerprint density at radius 3 is 2.42 bits per heavy atom. The summed E-state index contributed by atoms with van der Waals surface area (Å²) in [6.45, 7) is 7.61. The van der Waals surface area contributed by atoms with E-state index < -0.39 is 10.2 Å². The van der Waals surface area contributed by atoms with E-state index in [1.54, 1.807) is 11.4 Å². The van der Waals surface area contributed by atoms with Crippen LogP contribution in [0.5, 0.6) is 0 Å². The SMILES string of the molecule is CCNCCCN(C)S(=O)(=O)N(CC)CC1CCC1. The maximum absolute atomic E-state index is 12.4. The summed E-state index contributed by atoms with van der Waals surface area (Å²) in [5.74, 6) is 0.574. The number of nitrogens with one attached hydrogen (secondary N) is 1. The Kier molecular flexibility index (Phi) is 7.28. The van der Waals surface area contributed by atoms with Crippen LogP contribution in [0, 0.1) is 5.92 Å². The number of hydrogen-bond acceptors (Lipinski definition) is 3. The maximum atomic E-state index is 12.4. The topological polar surface area (TPSA) is 52.7 Å². The Labute approximate surface area is 118 Å². The monoisotopic (exact) mass is 291 g/mol. The summed E-state index contributed by atoms with van der Waals surface area (Å²) in [6.07, 6.45) is 4.46. The van der Waals surface area contributed by atoms with Gasteiger partial charge in [-0.05, 0) is 38.3 Å². The van der Waals surface area contributed by atoms with Crippen molar-refractivity contribution >= 4 is 10.2 Å². The fourth-order valence-electron chi connectivity index (χ4n) is 2.27. The van der Waals surface area contributed by atoms with Crippen LogP contribution in [-0.4, -0.2) is 56.8 Å². The van der Waals surface area contributed by atoms with Crippen molar-refractivity contribution in [2.24, 2.45) is 5.92 Å². The van der Waals surface area contributed by atoms with Gasteiger partial charge in [-0.25, -0.2) is 0 Å². The van der Waals surface area contributed by atoms with Crippen molar-refractivity contribution in [3.63, 3.8) is 0 Å². The van der Waals surface area contributed by atoms with Crippen LogP contribution in [0.25, 0.3) is 0 Å². The summed E-state index contributed by atoms with van der Waals surface area (Å²) < 4.78 is 28.0. The van der Waals surface area contributed by atoms with Gasteiger partial charge in [-0.2, -0.15) is 17.0 Å². The van der Waals surface area contributed by atoms with Gasteiger partial charge in [0.05, 0.1) is 0 Å². The smallest absolute Gasteiger partial charge is 0.281 e. The largest absolute Gasteiger partial charge is 0.317 e. The van der Waals surface area contributed by atoms with Crippen molar-refractivity contribution in [1.29, 1.82) is 0 Å². The standard InChI is InChI=1S/C13H29N3O2S/c1-4-14-10-7-11-15(3)19(17,18)16(5-2)12-13-8-6-9-13/h13-14H,4-12H2,1-3H3. The Morgan fingerprint density at radius 2 is 1.95 bits per heavy atom. The minimum Gasteiger partial charge on any atom is -0.317 e. The molecule has 1 aliphatic rings. The Morgan fingerprint density at radius 1 is 1.26 bits per heavy atom. The van der Waals surface area contributed by atoms with Crippen LogP contribution < -0.4 is 5.32 Å². The van der Waals surface area contributed by atoms with Gasteiger partial charge in [0.2, 0.25) is 0 Å². The minimum atomic E-state index is -3.27. The molecule has 1 aliphatic carbocycles. The van der Waals surface area contributed by atoms with Crippen LogP contribution in [0.3, 0.4) is 0 Å². The molecular weight excluding hydrogens is 262 g/mol. The van der Waals surface area contributed by atoms with E-state index in [1.165, 1.54) is 23.6 Å². The molecule has 1 saturated carbocycles. The van der Waals surface area contributed by atoms with Crippen molar-refractivity contribution in [1.82, 2.24) is 13.9 Å². The molecule has 1 fully saturated rings. The lowest BCUT2D eigenvalue weighted by atomic mass is 9.85. The van der Waals surface area contributed by atoms with Crippen LogP contribution >= 0.6 is 0 Å². The molecule has 0 spiro atoms. The summed E-state index contributed by atoms with van der Waals surface area (Å²) >= 11 is 0. The van der Waals surface area contributed by atoms with Crippen LogP contribution in [0.1, 0.15) is 39.5 Å². The molecule has 0 unspecified atom stereocenters. The lowest BCUT2D eigenvalue weighted by molar-refractivity contribution is 0.241. The number of nitrogens with zero attached hydrogens (tertiary/aromatic N) is 2. The summed E-state index contributed by atoms with van der Waals surface area (Å²) in [4.78, 5) is 0. The second-order valence-electron chi connectivity index (χ2n) is 5.28. The highest BCUT2D eigenvalue weighted by atomic mass is 32.2. The Balaban J connectivity index is 2.45. The molecule has 1 N–H and O–H groups in total. The molecule has 19 heavy (non-hydrogen) atoms. The van der Waals surface area contributed by atoms with E-state index >= 15 is 0 Å². The zero-order valence-electron chi connectivity index (χ0n) is 12.6. The third-order valence-corrected chi connectivity index (χ3v) is 5.87. The first-order chi connectivity index (χ1) is 9.02. The fraction of sp³-hybridized carbons (Fsp3) is 1.00. The molecule has 0 saturated heterocycles. The normalized spacial score (nSPS) is 17.1. The number of hydrogen-bond donors (Lipinski definition) is 1. The van der Waals surface area contributed by atoms with Gasteiger partial charge in [0.1, 0.15) is 0 Å². The van der Waals surface area contributed by atoms with Crippen LogP contribution in [-0.2, 0) is 10.2 Å². The molecule has 5 nitrogen and oxygen atoms in total. The summed E-state index contributed by atoms with van der Waals surface area (Å²) in [5, 5.41) is 3.21. The zero-order chi connectivity index (χ0) is 14.3. The van der Waals surface area contributed by atoms with E-state index in [9.17, 15) is 8.42 Å². The third-order valence-electron chi connectivity index (χ3n) is 3.84. The van der Waals surface area contributed by atoms with Gasteiger partial charge < -0.3 is 5.32 Å². The van der Waals surface area contributed by atoms with Crippen molar-refractivity contribution in [2.45, 2.75) is 39.5 Å². The molecular formula is C13H29N3O2S. The Hall–Kier alpha value is -0.170. The van der Waals surface area contributed by atoms with E-state index in [0.29, 0.717) is 25.6 Å². The van der Waals surface area contributed by atoms with Gasteiger partial charge >= 0.3 is 0 Å². The van der Waals surface area contributed by atoms with Gasteiger partial charge in [-0.3, -0.25) is 0 Å². The fourth-order valence-corrected chi connectivity index (χ4v) is 3.75. The average molecular weight is 291 g/mol. The molecule has 0 aromatic rings. The van der Waals surface area contributed by atoms with Crippen LogP contribution in [0.15, 0.2) is 0 Å². The lowest BCUT2D eigenvalue weighted by Gasteiger charge is -2.33. The van der Waals surface area contributed by atoms with Gasteiger partial charge in [-0.15, -0.1) is 0 Å². The first kappa shape index (κ1) is 16.9. The van der Waals surface area contributed by atoms with Crippen molar-refractivity contribution in [3.05, 3.63) is 0 Å². The molecule has 6 heteroatoms. The summed E-state index contributed by atoms with van der Waals surface area (Å²) in [5.41, 5.74) is 0. The molecule has 0 bridgehead atoms. The first-order valence-electron chi connectivity index (χ1n) is 7.44. The van der Waals surface area contributed by atoms with Gasteiger partial charge in [0, 0.05) is 26.7 Å². The molecule has 114 valence electrons. The molecule has 1 rings (SSSR count). The summed E-state index contributed by atoms with van der Waals surface area (Å²) in [7, 11) is -1.59. The first-order valence-corrected chi connectivity index (χ1v) is 8.84. The minimum absolute atomic E-state index is 0.566. The predicted molar refractivity (Wildman–Crippen MR) is 79.3 cm³/mol. The molecule has 0 atom stereocenters. The number of rotatable bonds is 10. The highest BCUT2D eigenvalue weighted by Crippen LogP contribution is 2.28. The second kappa shape index (κ2) is 8.19.